The maximum absolute atomic E-state index is 12.1. The van der Waals surface area contributed by atoms with Gasteiger partial charge < -0.3 is 9.73 Å². The molecule has 1 amide bonds. The highest BCUT2D eigenvalue weighted by Gasteiger charge is 2.17. The summed E-state index contributed by atoms with van der Waals surface area (Å²) in [6.07, 6.45) is 0.322. The lowest BCUT2D eigenvalue weighted by Crippen LogP contribution is -2.24. The van der Waals surface area contributed by atoms with E-state index >= 15 is 0 Å². The minimum absolute atomic E-state index is 0.0343. The second kappa shape index (κ2) is 8.57. The quantitative estimate of drug-likeness (QED) is 0.583. The largest absolute Gasteiger partial charge is 0.441 e. The zero-order chi connectivity index (χ0) is 20.1. The molecule has 148 valence electrons. The van der Waals surface area contributed by atoms with Gasteiger partial charge in [0, 0.05) is 4.88 Å². The fourth-order valence-corrected chi connectivity index (χ4v) is 3.88. The predicted molar refractivity (Wildman–Crippen MR) is 110 cm³/mol. The molecular formula is C19H21N3O4S2. The van der Waals surface area contributed by atoms with E-state index in [9.17, 15) is 13.2 Å². The Kier molecular flexibility index (Phi) is 6.15. The summed E-state index contributed by atoms with van der Waals surface area (Å²) in [5.41, 5.74) is 1.54. The van der Waals surface area contributed by atoms with E-state index in [0.717, 1.165) is 4.88 Å². The average Bonchev–Trinajstić information content (AvgIpc) is 3.30. The van der Waals surface area contributed by atoms with Gasteiger partial charge in [0.15, 0.2) is 0 Å². The molecule has 1 aromatic carbocycles. The number of carbonyl (C=O) groups is 1. The van der Waals surface area contributed by atoms with E-state index in [4.69, 9.17) is 4.42 Å². The average molecular weight is 420 g/mol. The summed E-state index contributed by atoms with van der Waals surface area (Å²) in [5.74, 6) is 0.740. The van der Waals surface area contributed by atoms with Crippen LogP contribution >= 0.6 is 11.3 Å². The molecule has 2 heterocycles. The first-order valence-electron chi connectivity index (χ1n) is 8.73. The number of hydrogen-bond donors (Lipinski definition) is 2. The van der Waals surface area contributed by atoms with Gasteiger partial charge in [0.05, 0.1) is 30.0 Å². The molecule has 0 fully saturated rings. The van der Waals surface area contributed by atoms with Crippen molar-refractivity contribution in [1.82, 2.24) is 10.3 Å². The number of carbonyl (C=O) groups excluding carboxylic acids is 1. The highest BCUT2D eigenvalue weighted by Crippen LogP contribution is 2.29. The number of thiophene rings is 1. The van der Waals surface area contributed by atoms with Crippen LogP contribution in [0.5, 0.6) is 0 Å². The topological polar surface area (TPSA) is 101 Å². The van der Waals surface area contributed by atoms with Crippen molar-refractivity contribution in [3.63, 3.8) is 0 Å². The molecule has 0 spiro atoms. The zero-order valence-electron chi connectivity index (χ0n) is 15.6. The lowest BCUT2D eigenvalue weighted by Gasteiger charge is -2.09. The van der Waals surface area contributed by atoms with E-state index in [-0.39, 0.29) is 18.2 Å². The van der Waals surface area contributed by atoms with E-state index in [1.165, 1.54) is 11.3 Å². The number of nitrogens with zero attached hydrogens (tertiary/aromatic N) is 1. The monoisotopic (exact) mass is 419 g/mol. The maximum Gasteiger partial charge on any atom is 0.232 e. The first-order chi connectivity index (χ1) is 13.4. The Morgan fingerprint density at radius 1 is 1.21 bits per heavy atom. The summed E-state index contributed by atoms with van der Waals surface area (Å²) in [6, 6.07) is 10.7. The molecule has 0 aliphatic heterocycles. The molecule has 0 atom stereocenters. The molecule has 0 saturated heterocycles. The van der Waals surface area contributed by atoms with Crippen LogP contribution in [0.1, 0.15) is 23.3 Å². The Bertz CT molecular complexity index is 1060. The number of sulfonamides is 1. The summed E-state index contributed by atoms with van der Waals surface area (Å²) in [6.45, 7) is 3.57. The van der Waals surface area contributed by atoms with Gasteiger partial charge in [-0.1, -0.05) is 18.2 Å². The summed E-state index contributed by atoms with van der Waals surface area (Å²) >= 11 is 1.53. The number of rotatable bonds is 8. The number of anilines is 1. The SMILES string of the molecule is CCS(=O)(=O)Nc1ccccc1-c1nc(CNC(=O)Cc2cccs2)c(C)o1. The minimum Gasteiger partial charge on any atom is -0.441 e. The standard InChI is InChI=1S/C19H21N3O4S2/c1-3-28(24,25)22-16-9-5-4-8-15(16)19-21-17(13(2)26-19)12-20-18(23)11-14-7-6-10-27-14/h4-10,22H,3,11-12H2,1-2H3,(H,20,23). The van der Waals surface area contributed by atoms with Crippen molar-refractivity contribution in [2.24, 2.45) is 0 Å². The van der Waals surface area contributed by atoms with E-state index in [0.29, 0.717) is 35.0 Å². The molecule has 3 aromatic rings. The second-order valence-corrected chi connectivity index (χ2v) is 9.15. The summed E-state index contributed by atoms with van der Waals surface area (Å²) in [7, 11) is -3.43. The minimum atomic E-state index is -3.43. The lowest BCUT2D eigenvalue weighted by atomic mass is 10.2. The zero-order valence-corrected chi connectivity index (χ0v) is 17.2. The van der Waals surface area contributed by atoms with Crippen LogP contribution in [0.4, 0.5) is 5.69 Å². The van der Waals surface area contributed by atoms with Crippen LogP contribution in [0.3, 0.4) is 0 Å². The van der Waals surface area contributed by atoms with Crippen LogP contribution in [0, 0.1) is 6.92 Å². The number of aromatic nitrogens is 1. The van der Waals surface area contributed by atoms with Gasteiger partial charge in [0.25, 0.3) is 0 Å². The van der Waals surface area contributed by atoms with Crippen molar-refractivity contribution in [2.75, 3.05) is 10.5 Å². The third kappa shape index (κ3) is 4.99. The van der Waals surface area contributed by atoms with Gasteiger partial charge in [-0.25, -0.2) is 13.4 Å². The molecule has 0 aliphatic carbocycles. The van der Waals surface area contributed by atoms with Gasteiger partial charge in [-0.3, -0.25) is 9.52 Å². The molecular weight excluding hydrogens is 398 g/mol. The molecule has 28 heavy (non-hydrogen) atoms. The van der Waals surface area contributed by atoms with Gasteiger partial charge in [-0.05, 0) is 37.4 Å². The van der Waals surface area contributed by atoms with Crippen molar-refractivity contribution in [3.05, 3.63) is 58.1 Å². The molecule has 2 N–H and O–H groups in total. The fourth-order valence-electron chi connectivity index (χ4n) is 2.52. The summed E-state index contributed by atoms with van der Waals surface area (Å²) in [5, 5.41) is 4.77. The molecule has 0 radical (unpaired) electrons. The second-order valence-electron chi connectivity index (χ2n) is 6.11. The van der Waals surface area contributed by atoms with Crippen molar-refractivity contribution >= 4 is 33.0 Å². The molecule has 3 rings (SSSR count). The number of oxazole rings is 1. The van der Waals surface area contributed by atoms with Crippen LogP contribution in [-0.2, 0) is 27.8 Å². The molecule has 0 saturated carbocycles. The van der Waals surface area contributed by atoms with Crippen LogP contribution in [0.15, 0.2) is 46.2 Å². The Morgan fingerprint density at radius 2 is 2.00 bits per heavy atom. The molecule has 2 aromatic heterocycles. The van der Waals surface area contributed by atoms with E-state index < -0.39 is 10.0 Å². The first kappa shape index (κ1) is 20.1. The lowest BCUT2D eigenvalue weighted by molar-refractivity contribution is -0.120. The number of nitrogens with one attached hydrogen (secondary N) is 2. The van der Waals surface area contributed by atoms with Gasteiger partial charge in [0.2, 0.25) is 21.8 Å². The Labute approximate surface area is 167 Å². The van der Waals surface area contributed by atoms with Crippen LogP contribution in [0.25, 0.3) is 11.5 Å². The van der Waals surface area contributed by atoms with Crippen molar-refractivity contribution in [1.29, 1.82) is 0 Å². The Balaban J connectivity index is 1.74. The maximum atomic E-state index is 12.1. The molecule has 9 heteroatoms. The highest BCUT2D eigenvalue weighted by atomic mass is 32.2. The number of aryl methyl sites for hydroxylation is 1. The van der Waals surface area contributed by atoms with Gasteiger partial charge >= 0.3 is 0 Å². The van der Waals surface area contributed by atoms with Crippen molar-refractivity contribution in [2.45, 2.75) is 26.8 Å². The number of para-hydroxylation sites is 1. The summed E-state index contributed by atoms with van der Waals surface area (Å²) < 4.78 is 32.1. The van der Waals surface area contributed by atoms with Gasteiger partial charge in [-0.2, -0.15) is 0 Å². The molecule has 0 aliphatic rings. The first-order valence-corrected chi connectivity index (χ1v) is 11.3. The predicted octanol–water partition coefficient (Wildman–Crippen LogP) is 3.33. The van der Waals surface area contributed by atoms with Gasteiger partial charge in [0.1, 0.15) is 11.5 Å². The van der Waals surface area contributed by atoms with Crippen LogP contribution < -0.4 is 10.0 Å². The number of hydrogen-bond acceptors (Lipinski definition) is 6. The molecule has 7 nitrogen and oxygen atoms in total. The van der Waals surface area contributed by atoms with E-state index in [1.54, 1.807) is 38.1 Å². The van der Waals surface area contributed by atoms with E-state index in [2.05, 4.69) is 15.0 Å². The number of amides is 1. The van der Waals surface area contributed by atoms with Crippen molar-refractivity contribution < 1.29 is 17.6 Å². The number of benzene rings is 1. The Hall–Kier alpha value is -2.65. The van der Waals surface area contributed by atoms with Crippen LogP contribution in [0.2, 0.25) is 0 Å². The fraction of sp³-hybridized carbons (Fsp3) is 0.263. The third-order valence-corrected chi connectivity index (χ3v) is 6.23. The molecule has 0 bridgehead atoms. The summed E-state index contributed by atoms with van der Waals surface area (Å²) in [4.78, 5) is 17.5. The Morgan fingerprint density at radius 3 is 2.71 bits per heavy atom. The van der Waals surface area contributed by atoms with Crippen LogP contribution in [-0.4, -0.2) is 25.1 Å². The smallest absolute Gasteiger partial charge is 0.232 e. The van der Waals surface area contributed by atoms with Gasteiger partial charge in [-0.15, -0.1) is 11.3 Å². The third-order valence-electron chi connectivity index (χ3n) is 4.06. The molecule has 0 unspecified atom stereocenters. The normalized spacial score (nSPS) is 11.4. The van der Waals surface area contributed by atoms with Crippen molar-refractivity contribution in [3.8, 4) is 11.5 Å². The highest BCUT2D eigenvalue weighted by molar-refractivity contribution is 7.92. The van der Waals surface area contributed by atoms with E-state index in [1.807, 2.05) is 17.5 Å².